The number of aromatic nitrogens is 1. The van der Waals surface area contributed by atoms with Crippen molar-refractivity contribution in [3.8, 4) is 0 Å². The number of carbonyl (C=O) groups is 1. The predicted molar refractivity (Wildman–Crippen MR) is 85.0 cm³/mol. The number of carbonyl (C=O) groups excluding carboxylic acids is 1. The van der Waals surface area contributed by atoms with Gasteiger partial charge in [-0.3, -0.25) is 4.79 Å². The summed E-state index contributed by atoms with van der Waals surface area (Å²) in [5.41, 5.74) is 1.00. The van der Waals surface area contributed by atoms with Gasteiger partial charge in [-0.25, -0.2) is 0 Å². The quantitative estimate of drug-likeness (QED) is 0.806. The zero-order valence-corrected chi connectivity index (χ0v) is 12.9. The molecule has 2 heterocycles. The first-order valence-electron chi connectivity index (χ1n) is 7.38. The second-order valence-corrected chi connectivity index (χ2v) is 6.23. The van der Waals surface area contributed by atoms with Gasteiger partial charge in [0.15, 0.2) is 0 Å². The molecule has 1 amide bonds. The molecule has 1 aromatic heterocycles. The van der Waals surface area contributed by atoms with Gasteiger partial charge in [-0.1, -0.05) is 11.6 Å². The van der Waals surface area contributed by atoms with E-state index in [0.717, 1.165) is 16.5 Å². The molecule has 1 aliphatic rings. The lowest BCUT2D eigenvalue weighted by atomic mass is 9.94. The van der Waals surface area contributed by atoms with E-state index in [9.17, 15) is 9.90 Å². The number of hydrogen-bond donors (Lipinski definition) is 3. The molecule has 0 bridgehead atoms. The van der Waals surface area contributed by atoms with Crippen LogP contribution in [0.25, 0.3) is 10.9 Å². The van der Waals surface area contributed by atoms with Crippen LogP contribution in [0.2, 0.25) is 5.02 Å². The smallest absolute Gasteiger partial charge is 0.224 e. The Balaban J connectivity index is 1.62. The van der Waals surface area contributed by atoms with Gasteiger partial charge in [-0.05, 0) is 23.8 Å². The average molecular weight is 323 g/mol. The van der Waals surface area contributed by atoms with Crippen molar-refractivity contribution >= 4 is 28.4 Å². The number of amides is 1. The van der Waals surface area contributed by atoms with Crippen LogP contribution in [0, 0.1) is 0 Å². The number of halogens is 1. The number of H-pyrrole nitrogens is 1. The highest BCUT2D eigenvalue weighted by Gasteiger charge is 2.30. The summed E-state index contributed by atoms with van der Waals surface area (Å²) in [5, 5.41) is 14.8. The Hall–Kier alpha value is -1.56. The number of benzene rings is 1. The third-order valence-corrected chi connectivity index (χ3v) is 4.35. The minimum absolute atomic E-state index is 0.110. The first-order chi connectivity index (χ1) is 10.6. The molecule has 0 unspecified atom stereocenters. The van der Waals surface area contributed by atoms with Crippen molar-refractivity contribution in [2.24, 2.45) is 0 Å². The Morgan fingerprint density at radius 1 is 1.41 bits per heavy atom. The number of ether oxygens (including phenoxy) is 1. The van der Waals surface area contributed by atoms with E-state index in [2.05, 4.69) is 10.3 Å². The summed E-state index contributed by atoms with van der Waals surface area (Å²) < 4.78 is 5.23. The second kappa shape index (κ2) is 6.28. The Kier molecular flexibility index (Phi) is 4.38. The van der Waals surface area contributed by atoms with E-state index in [-0.39, 0.29) is 18.9 Å². The van der Waals surface area contributed by atoms with E-state index in [4.69, 9.17) is 16.3 Å². The Bertz CT molecular complexity index is 677. The monoisotopic (exact) mass is 322 g/mol. The van der Waals surface area contributed by atoms with Crippen LogP contribution in [0.5, 0.6) is 0 Å². The van der Waals surface area contributed by atoms with Crippen LogP contribution in [0.3, 0.4) is 0 Å². The topological polar surface area (TPSA) is 74.4 Å². The molecular formula is C16H19ClN2O3. The van der Waals surface area contributed by atoms with Crippen LogP contribution in [0.4, 0.5) is 0 Å². The molecule has 1 saturated heterocycles. The SMILES string of the molecule is O=C(Cc1c[nH]c2ccc(Cl)cc12)NCC1(O)CCOCC1. The fraction of sp³-hybridized carbons (Fsp3) is 0.438. The molecule has 0 saturated carbocycles. The molecule has 5 nitrogen and oxygen atoms in total. The fourth-order valence-corrected chi connectivity index (χ4v) is 2.90. The van der Waals surface area contributed by atoms with Crippen molar-refractivity contribution in [3.63, 3.8) is 0 Å². The molecule has 22 heavy (non-hydrogen) atoms. The molecule has 118 valence electrons. The van der Waals surface area contributed by atoms with Gasteiger partial charge in [0, 0.05) is 54.7 Å². The molecule has 1 aliphatic heterocycles. The molecule has 1 fully saturated rings. The lowest BCUT2D eigenvalue weighted by Gasteiger charge is -2.32. The van der Waals surface area contributed by atoms with Crippen LogP contribution in [0.15, 0.2) is 24.4 Å². The van der Waals surface area contributed by atoms with Gasteiger partial charge in [-0.2, -0.15) is 0 Å². The summed E-state index contributed by atoms with van der Waals surface area (Å²) in [6, 6.07) is 5.55. The predicted octanol–water partition coefficient (Wildman–Crippen LogP) is 2.02. The van der Waals surface area contributed by atoms with Gasteiger partial charge in [0.25, 0.3) is 0 Å². The second-order valence-electron chi connectivity index (χ2n) is 5.79. The number of fused-ring (bicyclic) bond motifs is 1. The van der Waals surface area contributed by atoms with Gasteiger partial charge in [-0.15, -0.1) is 0 Å². The molecule has 6 heteroatoms. The maximum absolute atomic E-state index is 12.1. The van der Waals surface area contributed by atoms with Crippen molar-refractivity contribution in [1.82, 2.24) is 10.3 Å². The summed E-state index contributed by atoms with van der Waals surface area (Å²) in [6.45, 7) is 1.33. The van der Waals surface area contributed by atoms with Crippen LogP contribution < -0.4 is 5.32 Å². The third kappa shape index (κ3) is 3.43. The number of rotatable bonds is 4. The molecule has 3 rings (SSSR count). The largest absolute Gasteiger partial charge is 0.388 e. The Morgan fingerprint density at radius 2 is 2.18 bits per heavy atom. The van der Waals surface area contributed by atoms with E-state index >= 15 is 0 Å². The van der Waals surface area contributed by atoms with Crippen molar-refractivity contribution in [2.45, 2.75) is 24.9 Å². The summed E-state index contributed by atoms with van der Waals surface area (Å²) in [5.74, 6) is -0.110. The lowest BCUT2D eigenvalue weighted by Crippen LogP contribution is -2.46. The van der Waals surface area contributed by atoms with Crippen LogP contribution in [-0.4, -0.2) is 41.4 Å². The van der Waals surface area contributed by atoms with E-state index < -0.39 is 5.60 Å². The summed E-state index contributed by atoms with van der Waals surface area (Å²) in [4.78, 5) is 15.3. The van der Waals surface area contributed by atoms with Gasteiger partial charge in [0.2, 0.25) is 5.91 Å². The average Bonchev–Trinajstić information content (AvgIpc) is 2.88. The first kappa shape index (κ1) is 15.3. The van der Waals surface area contributed by atoms with E-state index in [0.29, 0.717) is 31.1 Å². The zero-order valence-electron chi connectivity index (χ0n) is 12.2. The standard InChI is InChI=1S/C16H19ClN2O3/c17-12-1-2-14-13(8-12)11(9-18-14)7-15(20)19-10-16(21)3-5-22-6-4-16/h1-2,8-9,18,21H,3-7,10H2,(H,19,20). The molecule has 0 radical (unpaired) electrons. The highest BCUT2D eigenvalue weighted by Crippen LogP contribution is 2.23. The van der Waals surface area contributed by atoms with Gasteiger partial charge >= 0.3 is 0 Å². The van der Waals surface area contributed by atoms with E-state index in [1.807, 2.05) is 24.4 Å². The molecular weight excluding hydrogens is 304 g/mol. The minimum Gasteiger partial charge on any atom is -0.388 e. The van der Waals surface area contributed by atoms with Crippen molar-refractivity contribution in [3.05, 3.63) is 35.0 Å². The maximum Gasteiger partial charge on any atom is 0.224 e. The molecule has 0 spiro atoms. The Morgan fingerprint density at radius 3 is 2.95 bits per heavy atom. The van der Waals surface area contributed by atoms with Crippen molar-refractivity contribution < 1.29 is 14.6 Å². The summed E-state index contributed by atoms with van der Waals surface area (Å²) in [7, 11) is 0. The van der Waals surface area contributed by atoms with Crippen LogP contribution >= 0.6 is 11.6 Å². The fourth-order valence-electron chi connectivity index (χ4n) is 2.72. The minimum atomic E-state index is -0.850. The highest BCUT2D eigenvalue weighted by molar-refractivity contribution is 6.31. The Labute approximate surface area is 133 Å². The number of aliphatic hydroxyl groups is 1. The van der Waals surface area contributed by atoms with Gasteiger partial charge in [0.1, 0.15) is 0 Å². The number of nitrogens with one attached hydrogen (secondary N) is 2. The summed E-state index contributed by atoms with van der Waals surface area (Å²) >= 11 is 6.01. The third-order valence-electron chi connectivity index (χ3n) is 4.12. The lowest BCUT2D eigenvalue weighted by molar-refractivity contribution is -0.123. The number of aromatic amines is 1. The van der Waals surface area contributed by atoms with Gasteiger partial charge in [0.05, 0.1) is 12.0 Å². The molecule has 3 N–H and O–H groups in total. The molecule has 0 atom stereocenters. The normalized spacial score (nSPS) is 17.5. The van der Waals surface area contributed by atoms with E-state index in [1.165, 1.54) is 0 Å². The molecule has 1 aromatic carbocycles. The first-order valence-corrected chi connectivity index (χ1v) is 7.76. The summed E-state index contributed by atoms with van der Waals surface area (Å²) in [6.07, 6.45) is 3.18. The maximum atomic E-state index is 12.1. The van der Waals surface area contributed by atoms with Crippen LogP contribution in [-0.2, 0) is 16.0 Å². The highest BCUT2D eigenvalue weighted by atomic mass is 35.5. The molecule has 0 aliphatic carbocycles. The number of hydrogen-bond acceptors (Lipinski definition) is 3. The van der Waals surface area contributed by atoms with Gasteiger partial charge < -0.3 is 20.1 Å². The van der Waals surface area contributed by atoms with Crippen molar-refractivity contribution in [2.75, 3.05) is 19.8 Å². The zero-order chi connectivity index (χ0) is 15.6. The van der Waals surface area contributed by atoms with Crippen LogP contribution in [0.1, 0.15) is 18.4 Å². The molecule has 2 aromatic rings. The van der Waals surface area contributed by atoms with E-state index in [1.54, 1.807) is 0 Å². The van der Waals surface area contributed by atoms with Crippen molar-refractivity contribution in [1.29, 1.82) is 0 Å².